The number of carbonyl (C=O) groups excluding carboxylic acids is 1. The molecular weight excluding hydrogens is 350 g/mol. The first kappa shape index (κ1) is 19.3. The zero-order valence-corrected chi connectivity index (χ0v) is 15.3. The Hall–Kier alpha value is -2.47. The van der Waals surface area contributed by atoms with Gasteiger partial charge in [0.15, 0.2) is 0 Å². The van der Waals surface area contributed by atoms with Crippen molar-refractivity contribution in [1.82, 2.24) is 4.90 Å². The maximum atomic E-state index is 13.9. The lowest BCUT2D eigenvalue weighted by Crippen LogP contribution is -2.43. The third-order valence-corrected chi connectivity index (χ3v) is 5.03. The average Bonchev–Trinajstić information content (AvgIpc) is 2.66. The van der Waals surface area contributed by atoms with Gasteiger partial charge in [-0.3, -0.25) is 0 Å². The number of nitrogens with zero attached hydrogens (tertiary/aromatic N) is 1. The van der Waals surface area contributed by atoms with Crippen molar-refractivity contribution in [3.8, 4) is 11.1 Å². The number of benzene rings is 2. The lowest BCUT2D eigenvalue weighted by molar-refractivity contribution is 0.00950. The molecule has 0 saturated carbocycles. The molecular formula is C21H24F2N2O2. The Kier molecular flexibility index (Phi) is 6.06. The molecule has 1 saturated heterocycles. The molecule has 144 valence electrons. The van der Waals surface area contributed by atoms with E-state index in [0.717, 1.165) is 30.9 Å². The van der Waals surface area contributed by atoms with Crippen LogP contribution < -0.4 is 5.73 Å². The van der Waals surface area contributed by atoms with Gasteiger partial charge in [0.25, 0.3) is 0 Å². The van der Waals surface area contributed by atoms with Crippen molar-refractivity contribution in [2.75, 3.05) is 13.1 Å². The SMILES string of the molecule is CC(c1ccc(-c2ccc(F)cc2F)cc1)N1CCC(CCCN)OC1=O. The summed E-state index contributed by atoms with van der Waals surface area (Å²) in [5.74, 6) is -1.20. The predicted molar refractivity (Wildman–Crippen MR) is 100 cm³/mol. The Bertz CT molecular complexity index is 795. The number of carbonyl (C=O) groups is 1. The van der Waals surface area contributed by atoms with Crippen molar-refractivity contribution in [3.63, 3.8) is 0 Å². The second-order valence-electron chi connectivity index (χ2n) is 6.84. The summed E-state index contributed by atoms with van der Waals surface area (Å²) in [6.07, 6.45) is 2.05. The molecule has 0 aromatic heterocycles. The van der Waals surface area contributed by atoms with E-state index in [1.807, 2.05) is 19.1 Å². The molecule has 6 heteroatoms. The normalized spacial score (nSPS) is 18.3. The molecule has 0 radical (unpaired) electrons. The maximum absolute atomic E-state index is 13.9. The van der Waals surface area contributed by atoms with Crippen molar-refractivity contribution < 1.29 is 18.3 Å². The highest BCUT2D eigenvalue weighted by atomic mass is 19.1. The highest BCUT2D eigenvalue weighted by Gasteiger charge is 2.30. The summed E-state index contributed by atoms with van der Waals surface area (Å²) in [5, 5.41) is 0. The fourth-order valence-corrected chi connectivity index (χ4v) is 3.39. The molecule has 2 N–H and O–H groups in total. The standard InChI is InChI=1S/C21H24F2N2O2/c1-14(25-12-10-18(3-2-11-24)27-21(25)26)15-4-6-16(7-5-15)19-9-8-17(22)13-20(19)23/h4-9,13-14,18H,2-3,10-12,24H2,1H3. The Balaban J connectivity index is 1.69. The van der Waals surface area contributed by atoms with E-state index in [1.54, 1.807) is 17.0 Å². The van der Waals surface area contributed by atoms with E-state index in [4.69, 9.17) is 10.5 Å². The highest BCUT2D eigenvalue weighted by molar-refractivity contribution is 5.69. The molecule has 1 heterocycles. The van der Waals surface area contributed by atoms with Gasteiger partial charge in [0.1, 0.15) is 17.7 Å². The number of amides is 1. The summed E-state index contributed by atoms with van der Waals surface area (Å²) in [4.78, 5) is 14.0. The van der Waals surface area contributed by atoms with Crippen molar-refractivity contribution in [2.24, 2.45) is 5.73 Å². The van der Waals surface area contributed by atoms with Crippen LogP contribution in [0.2, 0.25) is 0 Å². The van der Waals surface area contributed by atoms with Gasteiger partial charge in [-0.2, -0.15) is 0 Å². The molecule has 27 heavy (non-hydrogen) atoms. The van der Waals surface area contributed by atoms with E-state index >= 15 is 0 Å². The molecule has 2 atom stereocenters. The van der Waals surface area contributed by atoms with Crippen molar-refractivity contribution >= 4 is 6.09 Å². The van der Waals surface area contributed by atoms with Crippen LogP contribution in [0.15, 0.2) is 42.5 Å². The van der Waals surface area contributed by atoms with Crippen molar-refractivity contribution in [3.05, 3.63) is 59.7 Å². The fourth-order valence-electron chi connectivity index (χ4n) is 3.39. The number of cyclic esters (lactones) is 1. The molecule has 1 fully saturated rings. The van der Waals surface area contributed by atoms with E-state index in [-0.39, 0.29) is 18.2 Å². The van der Waals surface area contributed by atoms with Crippen LogP contribution in [0.1, 0.15) is 37.8 Å². The number of hydrogen-bond acceptors (Lipinski definition) is 3. The van der Waals surface area contributed by atoms with E-state index in [0.29, 0.717) is 24.2 Å². The number of nitrogens with two attached hydrogens (primary N) is 1. The minimum absolute atomic E-state index is 0.0617. The van der Waals surface area contributed by atoms with Gasteiger partial charge in [-0.05, 0) is 49.6 Å². The minimum atomic E-state index is -0.602. The average molecular weight is 374 g/mol. The molecule has 1 aliphatic rings. The van der Waals surface area contributed by atoms with Crippen LogP contribution in [0.4, 0.5) is 13.6 Å². The van der Waals surface area contributed by atoms with Crippen LogP contribution in [-0.4, -0.2) is 30.2 Å². The summed E-state index contributed by atoms with van der Waals surface area (Å²) >= 11 is 0. The van der Waals surface area contributed by atoms with Gasteiger partial charge in [0, 0.05) is 24.6 Å². The number of halogens is 2. The lowest BCUT2D eigenvalue weighted by Gasteiger charge is -2.36. The summed E-state index contributed by atoms with van der Waals surface area (Å²) in [7, 11) is 0. The smallest absolute Gasteiger partial charge is 0.410 e. The monoisotopic (exact) mass is 374 g/mol. The summed E-state index contributed by atoms with van der Waals surface area (Å²) < 4.78 is 32.5. The lowest BCUT2D eigenvalue weighted by atomic mass is 9.99. The van der Waals surface area contributed by atoms with Crippen molar-refractivity contribution in [2.45, 2.75) is 38.3 Å². The first-order valence-corrected chi connectivity index (χ1v) is 9.22. The Labute approximate surface area is 157 Å². The number of ether oxygens (including phenoxy) is 1. The molecule has 4 nitrogen and oxygen atoms in total. The molecule has 2 aromatic rings. The number of rotatable bonds is 6. The van der Waals surface area contributed by atoms with Gasteiger partial charge in [-0.25, -0.2) is 13.6 Å². The number of hydrogen-bond donors (Lipinski definition) is 1. The molecule has 3 rings (SSSR count). The van der Waals surface area contributed by atoms with Crippen LogP contribution in [0.25, 0.3) is 11.1 Å². The molecule has 0 bridgehead atoms. The van der Waals surface area contributed by atoms with E-state index in [1.165, 1.54) is 12.1 Å². The first-order valence-electron chi connectivity index (χ1n) is 9.22. The second-order valence-corrected chi connectivity index (χ2v) is 6.84. The van der Waals surface area contributed by atoms with E-state index in [2.05, 4.69) is 0 Å². The van der Waals surface area contributed by atoms with E-state index in [9.17, 15) is 13.6 Å². The molecule has 0 aliphatic carbocycles. The minimum Gasteiger partial charge on any atom is -0.446 e. The molecule has 1 aliphatic heterocycles. The third-order valence-electron chi connectivity index (χ3n) is 5.03. The first-order chi connectivity index (χ1) is 13.0. The van der Waals surface area contributed by atoms with E-state index < -0.39 is 11.6 Å². The van der Waals surface area contributed by atoms with Gasteiger partial charge >= 0.3 is 6.09 Å². The Morgan fingerprint density at radius 1 is 1.22 bits per heavy atom. The van der Waals surface area contributed by atoms with Crippen LogP contribution in [0.3, 0.4) is 0 Å². The fraction of sp³-hybridized carbons (Fsp3) is 0.381. The van der Waals surface area contributed by atoms with Crippen LogP contribution in [-0.2, 0) is 4.74 Å². The Morgan fingerprint density at radius 3 is 2.59 bits per heavy atom. The van der Waals surface area contributed by atoms with Crippen LogP contribution in [0.5, 0.6) is 0 Å². The van der Waals surface area contributed by atoms with Gasteiger partial charge in [-0.1, -0.05) is 24.3 Å². The topological polar surface area (TPSA) is 55.6 Å². The summed E-state index contributed by atoms with van der Waals surface area (Å²) in [5.41, 5.74) is 7.44. The zero-order valence-electron chi connectivity index (χ0n) is 15.3. The van der Waals surface area contributed by atoms with Crippen molar-refractivity contribution in [1.29, 1.82) is 0 Å². The predicted octanol–water partition coefficient (Wildman–Crippen LogP) is 4.64. The van der Waals surface area contributed by atoms with Gasteiger partial charge in [-0.15, -0.1) is 0 Å². The second kappa shape index (κ2) is 8.48. The maximum Gasteiger partial charge on any atom is 0.410 e. The van der Waals surface area contributed by atoms with Gasteiger partial charge in [0.2, 0.25) is 0 Å². The molecule has 0 spiro atoms. The molecule has 2 aromatic carbocycles. The summed E-state index contributed by atoms with van der Waals surface area (Å²) in [6.45, 7) is 3.16. The summed E-state index contributed by atoms with van der Waals surface area (Å²) in [6, 6.07) is 10.7. The van der Waals surface area contributed by atoms with Gasteiger partial charge in [0.05, 0.1) is 6.04 Å². The van der Waals surface area contributed by atoms with Gasteiger partial charge < -0.3 is 15.4 Å². The highest BCUT2D eigenvalue weighted by Crippen LogP contribution is 2.29. The molecule has 2 unspecified atom stereocenters. The third kappa shape index (κ3) is 4.45. The quantitative estimate of drug-likeness (QED) is 0.801. The van der Waals surface area contributed by atoms with Crippen LogP contribution in [0, 0.1) is 11.6 Å². The Morgan fingerprint density at radius 2 is 1.96 bits per heavy atom. The largest absolute Gasteiger partial charge is 0.446 e. The molecule has 1 amide bonds. The zero-order chi connectivity index (χ0) is 19.4. The van der Waals surface area contributed by atoms with Crippen LogP contribution >= 0.6 is 0 Å².